The summed E-state index contributed by atoms with van der Waals surface area (Å²) in [5.41, 5.74) is 6.04. The number of H-pyrrole nitrogens is 1. The SMILES string of the molecule is Cc1cc(C)cc(S(=O)(=O)c2c(C(=O)NCC(N)=O)[nH]c3ccc(Cl)c(F)c23)c1. The minimum atomic E-state index is -4.33. The van der Waals surface area contributed by atoms with Crippen molar-refractivity contribution in [1.82, 2.24) is 10.3 Å². The number of aryl methyl sites for hydroxylation is 2. The first kappa shape index (κ1) is 20.8. The van der Waals surface area contributed by atoms with Gasteiger partial charge in [-0.1, -0.05) is 17.7 Å². The molecular weight excluding hydrogens is 421 g/mol. The number of carbonyl (C=O) groups excluding carboxylic acids is 2. The summed E-state index contributed by atoms with van der Waals surface area (Å²) in [6.07, 6.45) is 0. The van der Waals surface area contributed by atoms with Crippen LogP contribution in [0.15, 0.2) is 40.1 Å². The molecule has 0 fully saturated rings. The van der Waals surface area contributed by atoms with Crippen molar-refractivity contribution in [2.24, 2.45) is 5.73 Å². The number of hydrogen-bond donors (Lipinski definition) is 3. The summed E-state index contributed by atoms with van der Waals surface area (Å²) >= 11 is 5.85. The molecule has 3 rings (SSSR count). The van der Waals surface area contributed by atoms with E-state index in [4.69, 9.17) is 17.3 Å². The van der Waals surface area contributed by atoms with E-state index in [0.717, 1.165) is 0 Å². The van der Waals surface area contributed by atoms with Gasteiger partial charge in [-0.2, -0.15) is 0 Å². The van der Waals surface area contributed by atoms with Gasteiger partial charge < -0.3 is 16.0 Å². The maximum atomic E-state index is 14.8. The van der Waals surface area contributed by atoms with E-state index < -0.39 is 44.6 Å². The van der Waals surface area contributed by atoms with E-state index in [1.807, 2.05) is 0 Å². The van der Waals surface area contributed by atoms with E-state index in [0.29, 0.717) is 11.1 Å². The second kappa shape index (κ2) is 7.49. The molecule has 2 amide bonds. The standard InChI is InChI=1S/C19H17ClFN3O4S/c1-9-5-10(2)7-11(6-9)29(27,28)18-15-13(4-3-12(20)16(15)21)24-17(18)19(26)23-8-14(22)25/h3-7,24H,8H2,1-2H3,(H2,22,25)(H,23,26). The average Bonchev–Trinajstić information content (AvgIpc) is 3.03. The van der Waals surface area contributed by atoms with Gasteiger partial charge in [-0.3, -0.25) is 9.59 Å². The fraction of sp³-hybridized carbons (Fsp3) is 0.158. The number of benzene rings is 2. The molecule has 29 heavy (non-hydrogen) atoms. The van der Waals surface area contributed by atoms with Crippen LogP contribution in [0.5, 0.6) is 0 Å². The number of rotatable bonds is 5. The Balaban J connectivity index is 2.34. The lowest BCUT2D eigenvalue weighted by molar-refractivity contribution is -0.117. The van der Waals surface area contributed by atoms with Crippen LogP contribution in [0, 0.1) is 19.7 Å². The highest BCUT2D eigenvalue weighted by atomic mass is 35.5. The van der Waals surface area contributed by atoms with Crippen LogP contribution in [-0.4, -0.2) is 31.8 Å². The fourth-order valence-electron chi connectivity index (χ4n) is 3.08. The molecule has 3 aromatic rings. The third-order valence-electron chi connectivity index (χ3n) is 4.23. The van der Waals surface area contributed by atoms with Crippen LogP contribution in [0.1, 0.15) is 21.6 Å². The average molecular weight is 438 g/mol. The van der Waals surface area contributed by atoms with Crippen LogP contribution in [0.3, 0.4) is 0 Å². The van der Waals surface area contributed by atoms with E-state index >= 15 is 0 Å². The van der Waals surface area contributed by atoms with Gasteiger partial charge in [0, 0.05) is 0 Å². The number of aromatic nitrogens is 1. The predicted octanol–water partition coefficient (Wildman–Crippen LogP) is 2.63. The molecule has 7 nitrogen and oxygen atoms in total. The maximum Gasteiger partial charge on any atom is 0.269 e. The molecule has 0 unspecified atom stereocenters. The Bertz CT molecular complexity index is 1250. The zero-order chi connectivity index (χ0) is 21.5. The minimum absolute atomic E-state index is 0.0686. The molecule has 1 heterocycles. The molecule has 10 heteroatoms. The Labute approximate surface area is 171 Å². The summed E-state index contributed by atoms with van der Waals surface area (Å²) in [6, 6.07) is 7.25. The quantitative estimate of drug-likeness (QED) is 0.567. The lowest BCUT2D eigenvalue weighted by atomic mass is 10.2. The van der Waals surface area contributed by atoms with E-state index in [1.165, 1.54) is 24.3 Å². The smallest absolute Gasteiger partial charge is 0.269 e. The third-order valence-corrected chi connectivity index (χ3v) is 6.33. The Morgan fingerprint density at radius 1 is 1.17 bits per heavy atom. The monoisotopic (exact) mass is 437 g/mol. The fourth-order valence-corrected chi connectivity index (χ4v) is 5.04. The van der Waals surface area contributed by atoms with Crippen LogP contribution >= 0.6 is 11.6 Å². The zero-order valence-corrected chi connectivity index (χ0v) is 17.0. The molecule has 0 saturated heterocycles. The highest BCUT2D eigenvalue weighted by molar-refractivity contribution is 7.91. The van der Waals surface area contributed by atoms with Gasteiger partial charge in [-0.05, 0) is 49.2 Å². The van der Waals surface area contributed by atoms with Crippen molar-refractivity contribution < 1.29 is 22.4 Å². The third kappa shape index (κ3) is 3.83. The summed E-state index contributed by atoms with van der Waals surface area (Å²) in [6.45, 7) is 2.93. The summed E-state index contributed by atoms with van der Waals surface area (Å²) in [4.78, 5) is 25.5. The minimum Gasteiger partial charge on any atom is -0.368 e. The Hall–Kier alpha value is -2.91. The number of nitrogens with two attached hydrogens (primary N) is 1. The van der Waals surface area contributed by atoms with Crippen LogP contribution in [-0.2, 0) is 14.6 Å². The number of primary amides is 1. The first-order valence-electron chi connectivity index (χ1n) is 8.42. The van der Waals surface area contributed by atoms with Crippen LogP contribution in [0.25, 0.3) is 10.9 Å². The molecule has 0 spiro atoms. The number of fused-ring (bicyclic) bond motifs is 1. The molecule has 152 valence electrons. The van der Waals surface area contributed by atoms with Gasteiger partial charge in [0.1, 0.15) is 10.6 Å². The van der Waals surface area contributed by atoms with Gasteiger partial charge in [-0.25, -0.2) is 12.8 Å². The first-order chi connectivity index (χ1) is 13.5. The molecule has 4 N–H and O–H groups in total. The Morgan fingerprint density at radius 3 is 2.38 bits per heavy atom. The van der Waals surface area contributed by atoms with Crippen molar-refractivity contribution in [3.05, 3.63) is 58.0 Å². The predicted molar refractivity (Wildman–Crippen MR) is 106 cm³/mol. The van der Waals surface area contributed by atoms with Crippen molar-refractivity contribution >= 4 is 44.2 Å². The summed E-state index contributed by atoms with van der Waals surface area (Å²) < 4.78 is 41.7. The summed E-state index contributed by atoms with van der Waals surface area (Å²) in [5, 5.41) is 1.59. The van der Waals surface area contributed by atoms with Gasteiger partial charge in [0.25, 0.3) is 5.91 Å². The molecule has 0 bridgehead atoms. The van der Waals surface area contributed by atoms with E-state index in [-0.39, 0.29) is 20.8 Å². The van der Waals surface area contributed by atoms with Crippen LogP contribution in [0.4, 0.5) is 4.39 Å². The van der Waals surface area contributed by atoms with E-state index in [2.05, 4.69) is 10.3 Å². The van der Waals surface area contributed by atoms with Crippen molar-refractivity contribution in [2.75, 3.05) is 6.54 Å². The number of sulfone groups is 1. The molecule has 0 aliphatic carbocycles. The lowest BCUT2D eigenvalue weighted by Gasteiger charge is -2.10. The number of carbonyl (C=O) groups is 2. The van der Waals surface area contributed by atoms with Crippen molar-refractivity contribution in [3.8, 4) is 0 Å². The molecule has 0 radical (unpaired) electrons. The van der Waals surface area contributed by atoms with Crippen LogP contribution < -0.4 is 11.1 Å². The molecule has 0 aliphatic heterocycles. The van der Waals surface area contributed by atoms with Gasteiger partial charge >= 0.3 is 0 Å². The number of hydrogen-bond acceptors (Lipinski definition) is 4. The van der Waals surface area contributed by atoms with Crippen molar-refractivity contribution in [2.45, 2.75) is 23.6 Å². The lowest BCUT2D eigenvalue weighted by Crippen LogP contribution is -2.34. The second-order valence-corrected chi connectivity index (χ2v) is 8.88. The molecule has 1 aromatic heterocycles. The first-order valence-corrected chi connectivity index (χ1v) is 10.3. The summed E-state index contributed by atoms with van der Waals surface area (Å²) in [7, 11) is -4.33. The molecule has 0 aliphatic rings. The molecule has 0 saturated carbocycles. The Morgan fingerprint density at radius 2 is 1.79 bits per heavy atom. The topological polar surface area (TPSA) is 122 Å². The molecule has 2 aromatic carbocycles. The second-order valence-electron chi connectivity index (χ2n) is 6.59. The van der Waals surface area contributed by atoms with Gasteiger partial charge in [-0.15, -0.1) is 0 Å². The number of nitrogens with one attached hydrogen (secondary N) is 2. The molecular formula is C19H17ClFN3O4S. The van der Waals surface area contributed by atoms with E-state index in [1.54, 1.807) is 19.9 Å². The normalized spacial score (nSPS) is 11.6. The van der Waals surface area contributed by atoms with Gasteiger partial charge in [0.15, 0.2) is 5.82 Å². The zero-order valence-electron chi connectivity index (χ0n) is 15.5. The van der Waals surface area contributed by atoms with Gasteiger partial charge in [0.2, 0.25) is 15.7 Å². The highest BCUT2D eigenvalue weighted by Crippen LogP contribution is 2.36. The Kier molecular flexibility index (Phi) is 5.38. The largest absolute Gasteiger partial charge is 0.368 e. The maximum absolute atomic E-state index is 14.8. The van der Waals surface area contributed by atoms with Crippen molar-refractivity contribution in [3.63, 3.8) is 0 Å². The van der Waals surface area contributed by atoms with Crippen LogP contribution in [0.2, 0.25) is 5.02 Å². The molecule has 0 atom stereocenters. The number of amides is 2. The summed E-state index contributed by atoms with van der Waals surface area (Å²) in [5.74, 6) is -2.71. The van der Waals surface area contributed by atoms with Crippen molar-refractivity contribution in [1.29, 1.82) is 0 Å². The highest BCUT2D eigenvalue weighted by Gasteiger charge is 2.32. The van der Waals surface area contributed by atoms with Gasteiger partial charge in [0.05, 0.1) is 27.4 Å². The number of aromatic amines is 1. The number of halogens is 2. The van der Waals surface area contributed by atoms with E-state index in [9.17, 15) is 22.4 Å².